The van der Waals surface area contributed by atoms with E-state index in [1.165, 1.54) is 6.20 Å². The van der Waals surface area contributed by atoms with Gasteiger partial charge in [-0.25, -0.2) is 37.9 Å². The molecule has 4 aromatic rings. The number of hydrogen-bond donors (Lipinski definition) is 2. The summed E-state index contributed by atoms with van der Waals surface area (Å²) in [6.45, 7) is 3.08. The van der Waals surface area contributed by atoms with Crippen molar-refractivity contribution in [3.05, 3.63) is 60.1 Å². The Morgan fingerprint density at radius 3 is 2.42 bits per heavy atom. The molecule has 0 spiro atoms. The van der Waals surface area contributed by atoms with Gasteiger partial charge in [0.05, 0.1) is 23.5 Å². The third-order valence-electron chi connectivity index (χ3n) is 11.8. The van der Waals surface area contributed by atoms with Crippen LogP contribution in [0.2, 0.25) is 0 Å². The van der Waals surface area contributed by atoms with Crippen LogP contribution in [0.4, 0.5) is 32.3 Å². The molecule has 4 aliphatic rings. The molecule has 1 aromatic carbocycles. The summed E-state index contributed by atoms with van der Waals surface area (Å²) in [5, 5.41) is 13.1. The van der Waals surface area contributed by atoms with Crippen LogP contribution < -0.4 is 15.0 Å². The lowest BCUT2D eigenvalue weighted by Gasteiger charge is -2.33. The van der Waals surface area contributed by atoms with E-state index in [1.807, 2.05) is 11.8 Å². The quantitative estimate of drug-likeness (QED) is 0.175. The lowest BCUT2D eigenvalue weighted by atomic mass is 9.78. The molecule has 292 valence electrons. The molecule has 3 aromatic heterocycles. The molecule has 1 amide bonds. The minimum atomic E-state index is -5.12. The number of fused-ring (bicyclic) bond motifs is 3. The number of nitrogens with one attached hydrogen (secondary N) is 1. The molecule has 5 unspecified atom stereocenters. The summed E-state index contributed by atoms with van der Waals surface area (Å²) in [6.07, 6.45) is 1.56. The molecule has 5 atom stereocenters. The van der Waals surface area contributed by atoms with E-state index < -0.39 is 65.0 Å². The minimum absolute atomic E-state index is 0.0323. The van der Waals surface area contributed by atoms with E-state index >= 15 is 0 Å². The van der Waals surface area contributed by atoms with Crippen LogP contribution in [0.1, 0.15) is 86.8 Å². The molecule has 2 N–H and O–H groups in total. The van der Waals surface area contributed by atoms with Crippen LogP contribution in [0.3, 0.4) is 0 Å². The van der Waals surface area contributed by atoms with Gasteiger partial charge in [-0.1, -0.05) is 6.92 Å². The van der Waals surface area contributed by atoms with E-state index in [0.717, 1.165) is 25.0 Å². The number of rotatable bonds is 8. The lowest BCUT2D eigenvalue weighted by Crippen LogP contribution is -2.57. The van der Waals surface area contributed by atoms with Gasteiger partial charge in [0.15, 0.2) is 17.3 Å². The average molecular weight is 772 g/mol. The third kappa shape index (κ3) is 7.05. The van der Waals surface area contributed by atoms with Crippen LogP contribution in [-0.2, 0) is 11.0 Å². The predicted molar refractivity (Wildman–Crippen MR) is 186 cm³/mol. The number of nitrogens with zero attached hydrogens (tertiary/aromatic N) is 6. The highest BCUT2D eigenvalue weighted by molar-refractivity contribution is 6.00. The van der Waals surface area contributed by atoms with E-state index in [4.69, 9.17) is 4.74 Å². The Morgan fingerprint density at radius 2 is 1.75 bits per heavy atom. The summed E-state index contributed by atoms with van der Waals surface area (Å²) in [5.74, 6) is -5.68. The normalized spacial score (nSPS) is 26.7. The second kappa shape index (κ2) is 13.7. The highest BCUT2D eigenvalue weighted by Crippen LogP contribution is 2.51. The largest absolute Gasteiger partial charge is 0.490 e. The number of piperidine rings is 1. The summed E-state index contributed by atoms with van der Waals surface area (Å²) in [4.78, 5) is 44.2. The molecule has 55 heavy (non-hydrogen) atoms. The van der Waals surface area contributed by atoms with E-state index in [1.54, 1.807) is 22.8 Å². The molecule has 17 heteroatoms. The first-order valence-electron chi connectivity index (χ1n) is 18.5. The monoisotopic (exact) mass is 771 g/mol. The number of benzene rings is 1. The van der Waals surface area contributed by atoms with Gasteiger partial charge in [0, 0.05) is 74.2 Å². The maximum atomic E-state index is 14.7. The lowest BCUT2D eigenvalue weighted by molar-refractivity contribution is -0.146. The second-order valence-corrected chi connectivity index (χ2v) is 15.7. The van der Waals surface area contributed by atoms with Crippen molar-refractivity contribution in [3.8, 4) is 17.1 Å². The highest BCUT2D eigenvalue weighted by Gasteiger charge is 2.56. The molecule has 2 bridgehead atoms. The summed E-state index contributed by atoms with van der Waals surface area (Å²) in [6, 6.07) is 4.26. The number of amides is 1. The minimum Gasteiger partial charge on any atom is -0.490 e. The van der Waals surface area contributed by atoms with Gasteiger partial charge in [0.2, 0.25) is 11.9 Å². The fourth-order valence-corrected chi connectivity index (χ4v) is 9.35. The van der Waals surface area contributed by atoms with Crippen molar-refractivity contribution in [1.82, 2.24) is 29.8 Å². The van der Waals surface area contributed by atoms with Gasteiger partial charge < -0.3 is 24.6 Å². The number of alkyl halides is 5. The van der Waals surface area contributed by atoms with Crippen LogP contribution in [0.15, 0.2) is 43.0 Å². The van der Waals surface area contributed by atoms with E-state index in [2.05, 4.69) is 25.3 Å². The van der Waals surface area contributed by atoms with Crippen LogP contribution in [0, 0.1) is 23.6 Å². The number of ether oxygens (including phenoxy) is 1. The molecule has 1 saturated heterocycles. The highest BCUT2D eigenvalue weighted by atomic mass is 19.4. The molecular formula is C38H39F6N7O4. The second-order valence-electron chi connectivity index (χ2n) is 15.7. The maximum Gasteiger partial charge on any atom is 0.434 e. The number of carbonyl (C=O) groups excluding carboxylic acids is 1. The molecule has 8 rings (SSSR count). The Balaban J connectivity index is 1.10. The van der Waals surface area contributed by atoms with Crippen molar-refractivity contribution in [2.45, 2.75) is 94.5 Å². The van der Waals surface area contributed by atoms with Crippen molar-refractivity contribution < 1.29 is 45.8 Å². The maximum absolute atomic E-state index is 14.7. The first-order chi connectivity index (χ1) is 26.1. The zero-order chi connectivity index (χ0) is 38.9. The number of hydrogen-bond acceptors (Lipinski definition) is 8. The van der Waals surface area contributed by atoms with Crippen molar-refractivity contribution in [3.63, 3.8) is 0 Å². The molecule has 4 fully saturated rings. The number of carbonyl (C=O) groups is 2. The number of aliphatic carboxylic acids is 1. The van der Waals surface area contributed by atoms with E-state index in [9.17, 15) is 41.0 Å². The third-order valence-corrected chi connectivity index (χ3v) is 11.8. The first-order valence-corrected chi connectivity index (χ1v) is 18.5. The molecular weight excluding hydrogens is 732 g/mol. The summed E-state index contributed by atoms with van der Waals surface area (Å²) in [7, 11) is 0. The van der Waals surface area contributed by atoms with E-state index in [0.29, 0.717) is 61.4 Å². The van der Waals surface area contributed by atoms with E-state index in [-0.39, 0.29) is 48.6 Å². The van der Waals surface area contributed by atoms with Crippen LogP contribution >= 0.6 is 0 Å². The van der Waals surface area contributed by atoms with Gasteiger partial charge in [-0.3, -0.25) is 4.79 Å². The Morgan fingerprint density at radius 1 is 1.00 bits per heavy atom. The fourth-order valence-electron chi connectivity index (χ4n) is 9.35. The fraction of sp³-hybridized carbons (Fsp3) is 0.526. The molecule has 11 nitrogen and oxygen atoms in total. The number of carboxylic acid groups (broad SMARTS) is 1. The van der Waals surface area contributed by atoms with Crippen LogP contribution in [0.25, 0.3) is 22.3 Å². The molecule has 0 radical (unpaired) electrons. The number of aromatic nitrogens is 5. The Hall–Kier alpha value is -4.96. The average Bonchev–Trinajstić information content (AvgIpc) is 3.78. The first kappa shape index (κ1) is 37.0. The molecule has 4 heterocycles. The number of anilines is 1. The zero-order valence-electron chi connectivity index (χ0n) is 29.8. The standard InChI is InChI=1S/C38H39F6N7O4/c1-20-10-21-12-22(11-20)37(14-21,34(53)54)49-33(52)28-18-45-32(48-31(28)38(42,43)44)29-19-51(24-4-7-36(40,41)15-24)30-13-26(2-3-27(29)30)55-25-5-8-50(9-6-25)35-46-16-23(39)17-47-35/h2-3,13,16-22,24-25H,4-12,14-15H2,1H3,(H,49,52)(H,53,54). The van der Waals surface area contributed by atoms with Crippen molar-refractivity contribution in [2.24, 2.45) is 17.8 Å². The van der Waals surface area contributed by atoms with Gasteiger partial charge in [-0.15, -0.1) is 0 Å². The van der Waals surface area contributed by atoms with Gasteiger partial charge >= 0.3 is 12.1 Å². The zero-order valence-corrected chi connectivity index (χ0v) is 29.8. The van der Waals surface area contributed by atoms with Gasteiger partial charge in [-0.05, 0) is 62.0 Å². The van der Waals surface area contributed by atoms with Crippen LogP contribution in [-0.4, -0.2) is 72.1 Å². The van der Waals surface area contributed by atoms with Gasteiger partial charge in [-0.2, -0.15) is 13.2 Å². The van der Waals surface area contributed by atoms with Crippen molar-refractivity contribution >= 4 is 28.7 Å². The summed E-state index contributed by atoms with van der Waals surface area (Å²) >= 11 is 0. The number of carboxylic acids is 1. The Bertz CT molecular complexity index is 2120. The predicted octanol–water partition coefficient (Wildman–Crippen LogP) is 7.46. The SMILES string of the molecule is CC1CC2CC(C1)C(NC(=O)c1cnc(-c3cn(C4CCC(F)(F)C4)c4cc(OC5CCN(c6ncc(F)cn6)CC5)ccc34)nc1C(F)(F)F)(C(=O)O)C2. The Labute approximate surface area is 311 Å². The summed E-state index contributed by atoms with van der Waals surface area (Å²) in [5.41, 5.74) is -3.56. The molecule has 3 saturated carbocycles. The van der Waals surface area contributed by atoms with Crippen molar-refractivity contribution in [1.29, 1.82) is 0 Å². The van der Waals surface area contributed by atoms with Gasteiger partial charge in [0.1, 0.15) is 17.4 Å². The summed E-state index contributed by atoms with van der Waals surface area (Å²) < 4.78 is 94.3. The topological polar surface area (TPSA) is 135 Å². The number of halogens is 6. The molecule has 1 aliphatic heterocycles. The van der Waals surface area contributed by atoms with Crippen LogP contribution in [0.5, 0.6) is 5.75 Å². The smallest absolute Gasteiger partial charge is 0.434 e. The molecule has 3 aliphatic carbocycles. The Kier molecular flexibility index (Phi) is 9.18. The van der Waals surface area contributed by atoms with Gasteiger partial charge in [0.25, 0.3) is 5.91 Å². The van der Waals surface area contributed by atoms with Crippen molar-refractivity contribution in [2.75, 3.05) is 18.0 Å².